The van der Waals surface area contributed by atoms with Gasteiger partial charge in [-0.25, -0.2) is 4.79 Å². The molecule has 0 aromatic carbocycles. The maximum atomic E-state index is 12.4. The molecule has 130 valence electrons. The molecule has 0 amide bonds. The van der Waals surface area contributed by atoms with Crippen LogP contribution in [0.3, 0.4) is 0 Å². The number of rotatable bonds is 5. The first kappa shape index (κ1) is 17.9. The number of carboxylic acids is 1. The van der Waals surface area contributed by atoms with Crippen molar-refractivity contribution in [3.05, 3.63) is 41.4 Å². The number of carboxylic acid groups (broad SMARTS) is 1. The third kappa shape index (κ3) is 2.75. The number of hydrogen-bond donors (Lipinski definition) is 3. The lowest BCUT2D eigenvalue weighted by Crippen LogP contribution is -2.57. The smallest absolute Gasteiger partial charge is 0.336 e. The standard InChI is InChI=1S/C17H22N2O5/c1-10-13(15(21)24-3)14(12-6-4-5-8-18-12)17(7-9-20,16(22)23)11(2)19-10/h4-6,8,11,14,19-20H,7,9H2,1-3H3,(H,22,23). The van der Waals surface area contributed by atoms with Crippen LogP contribution in [0.25, 0.3) is 0 Å². The molecule has 2 rings (SSSR count). The van der Waals surface area contributed by atoms with Crippen molar-refractivity contribution in [2.45, 2.75) is 32.2 Å². The molecule has 0 spiro atoms. The van der Waals surface area contributed by atoms with Gasteiger partial charge in [-0.05, 0) is 32.4 Å². The minimum absolute atomic E-state index is 0.0223. The highest BCUT2D eigenvalue weighted by Gasteiger charge is 2.56. The van der Waals surface area contributed by atoms with Crippen molar-refractivity contribution in [3.63, 3.8) is 0 Å². The summed E-state index contributed by atoms with van der Waals surface area (Å²) >= 11 is 0. The summed E-state index contributed by atoms with van der Waals surface area (Å²) in [7, 11) is 1.25. The third-order valence-electron chi connectivity index (χ3n) is 4.73. The van der Waals surface area contributed by atoms with Crippen molar-refractivity contribution in [2.24, 2.45) is 5.41 Å². The van der Waals surface area contributed by atoms with E-state index in [2.05, 4.69) is 10.3 Å². The molecule has 0 aliphatic carbocycles. The van der Waals surface area contributed by atoms with Gasteiger partial charge in [0.15, 0.2) is 0 Å². The van der Waals surface area contributed by atoms with Crippen molar-refractivity contribution in [1.29, 1.82) is 0 Å². The molecular formula is C17H22N2O5. The van der Waals surface area contributed by atoms with Gasteiger partial charge >= 0.3 is 11.9 Å². The highest BCUT2D eigenvalue weighted by molar-refractivity contribution is 5.94. The topological polar surface area (TPSA) is 109 Å². The summed E-state index contributed by atoms with van der Waals surface area (Å²) in [6, 6.07) is 4.64. The minimum Gasteiger partial charge on any atom is -0.481 e. The summed E-state index contributed by atoms with van der Waals surface area (Å²) in [6.07, 6.45) is 1.53. The molecule has 0 saturated carbocycles. The lowest BCUT2D eigenvalue weighted by atomic mass is 9.61. The summed E-state index contributed by atoms with van der Waals surface area (Å²) in [5.74, 6) is -2.53. The minimum atomic E-state index is -1.42. The average molecular weight is 334 g/mol. The molecule has 7 heteroatoms. The zero-order chi connectivity index (χ0) is 17.9. The molecule has 1 aromatic rings. The van der Waals surface area contributed by atoms with E-state index in [1.54, 1.807) is 38.2 Å². The fourth-order valence-corrected chi connectivity index (χ4v) is 3.56. The number of nitrogens with zero attached hydrogens (tertiary/aromatic N) is 1. The van der Waals surface area contributed by atoms with E-state index in [9.17, 15) is 19.8 Å². The predicted molar refractivity (Wildman–Crippen MR) is 86.1 cm³/mol. The maximum absolute atomic E-state index is 12.4. The van der Waals surface area contributed by atoms with E-state index in [1.165, 1.54) is 7.11 Å². The Kier molecular flexibility index (Phi) is 5.23. The number of esters is 1. The molecule has 1 aliphatic rings. The second-order valence-electron chi connectivity index (χ2n) is 5.90. The number of allylic oxidation sites excluding steroid dienone is 1. The van der Waals surface area contributed by atoms with E-state index < -0.39 is 29.3 Å². The summed E-state index contributed by atoms with van der Waals surface area (Å²) in [5, 5.41) is 22.6. The maximum Gasteiger partial charge on any atom is 0.336 e. The largest absolute Gasteiger partial charge is 0.481 e. The first-order chi connectivity index (χ1) is 11.4. The van der Waals surface area contributed by atoms with Crippen LogP contribution in [0.1, 0.15) is 31.9 Å². The average Bonchev–Trinajstić information content (AvgIpc) is 2.56. The summed E-state index contributed by atoms with van der Waals surface area (Å²) in [6.45, 7) is 3.12. The van der Waals surface area contributed by atoms with E-state index in [4.69, 9.17) is 4.74 Å². The lowest BCUT2D eigenvalue weighted by Gasteiger charge is -2.46. The Balaban J connectivity index is 2.77. The molecular weight excluding hydrogens is 312 g/mol. The van der Waals surface area contributed by atoms with Crippen molar-refractivity contribution < 1.29 is 24.5 Å². The Labute approximate surface area is 140 Å². The van der Waals surface area contributed by atoms with Gasteiger partial charge < -0.3 is 20.3 Å². The van der Waals surface area contributed by atoms with Crippen LogP contribution >= 0.6 is 0 Å². The molecule has 0 bridgehead atoms. The number of aliphatic hydroxyl groups is 1. The van der Waals surface area contributed by atoms with E-state index >= 15 is 0 Å². The van der Waals surface area contributed by atoms with Crippen molar-refractivity contribution in [3.8, 4) is 0 Å². The SMILES string of the molecule is COC(=O)C1=C(C)NC(C)C(CCO)(C(=O)O)C1c1ccccn1. The predicted octanol–water partition coefficient (Wildman–Crippen LogP) is 1.06. The van der Waals surface area contributed by atoms with Gasteiger partial charge in [-0.2, -0.15) is 0 Å². The van der Waals surface area contributed by atoms with Crippen LogP contribution in [-0.2, 0) is 14.3 Å². The van der Waals surface area contributed by atoms with Gasteiger partial charge in [0.2, 0.25) is 0 Å². The molecule has 1 aromatic heterocycles. The monoisotopic (exact) mass is 334 g/mol. The third-order valence-corrected chi connectivity index (χ3v) is 4.73. The van der Waals surface area contributed by atoms with Gasteiger partial charge in [-0.3, -0.25) is 9.78 Å². The highest BCUT2D eigenvalue weighted by Crippen LogP contribution is 2.49. The fraction of sp³-hybridized carbons (Fsp3) is 0.471. The normalized spacial score (nSPS) is 26.7. The summed E-state index contributed by atoms with van der Waals surface area (Å²) in [4.78, 5) is 28.9. The first-order valence-corrected chi connectivity index (χ1v) is 7.71. The molecule has 0 saturated heterocycles. The Bertz CT molecular complexity index is 658. The Morgan fingerprint density at radius 2 is 2.12 bits per heavy atom. The van der Waals surface area contributed by atoms with Gasteiger partial charge in [0, 0.05) is 30.2 Å². The van der Waals surface area contributed by atoms with Crippen LogP contribution in [0.15, 0.2) is 35.7 Å². The van der Waals surface area contributed by atoms with Crippen LogP contribution < -0.4 is 5.32 Å². The van der Waals surface area contributed by atoms with Gasteiger partial charge in [0.25, 0.3) is 0 Å². The molecule has 3 N–H and O–H groups in total. The number of nitrogens with one attached hydrogen (secondary N) is 1. The van der Waals surface area contributed by atoms with Crippen molar-refractivity contribution in [1.82, 2.24) is 10.3 Å². The van der Waals surface area contributed by atoms with E-state index in [0.29, 0.717) is 11.4 Å². The Morgan fingerprint density at radius 1 is 1.42 bits per heavy atom. The zero-order valence-electron chi connectivity index (χ0n) is 13.9. The number of carbonyl (C=O) groups is 2. The number of hydrogen-bond acceptors (Lipinski definition) is 6. The summed E-state index contributed by atoms with van der Waals surface area (Å²) < 4.78 is 4.88. The van der Waals surface area contributed by atoms with Crippen molar-refractivity contribution in [2.75, 3.05) is 13.7 Å². The molecule has 7 nitrogen and oxygen atoms in total. The number of methoxy groups -OCH3 is 1. The molecule has 3 unspecified atom stereocenters. The van der Waals surface area contributed by atoms with Crippen LogP contribution in [0.2, 0.25) is 0 Å². The summed E-state index contributed by atoms with van der Waals surface area (Å²) in [5.41, 5.74) is -0.182. The molecule has 3 atom stereocenters. The van der Waals surface area contributed by atoms with Gasteiger partial charge in [0.1, 0.15) is 5.41 Å². The molecule has 0 fully saturated rings. The highest BCUT2D eigenvalue weighted by atomic mass is 16.5. The number of pyridine rings is 1. The van der Waals surface area contributed by atoms with Gasteiger partial charge in [-0.15, -0.1) is 0 Å². The fourth-order valence-electron chi connectivity index (χ4n) is 3.56. The second kappa shape index (κ2) is 7.00. The van der Waals surface area contributed by atoms with Crippen molar-refractivity contribution >= 4 is 11.9 Å². The number of carbonyl (C=O) groups excluding carboxylic acids is 1. The second-order valence-corrected chi connectivity index (χ2v) is 5.90. The van der Waals surface area contributed by atoms with E-state index in [0.717, 1.165) is 0 Å². The van der Waals surface area contributed by atoms with Crippen LogP contribution in [0, 0.1) is 5.41 Å². The van der Waals surface area contributed by atoms with E-state index in [-0.39, 0.29) is 18.6 Å². The number of aliphatic carboxylic acids is 1. The van der Waals surface area contributed by atoms with Crippen LogP contribution in [-0.4, -0.2) is 46.9 Å². The quantitative estimate of drug-likeness (QED) is 0.691. The van der Waals surface area contributed by atoms with E-state index in [1.807, 2.05) is 0 Å². The first-order valence-electron chi connectivity index (χ1n) is 7.71. The molecule has 2 heterocycles. The van der Waals surface area contributed by atoms with Crippen LogP contribution in [0.4, 0.5) is 0 Å². The zero-order valence-corrected chi connectivity index (χ0v) is 13.9. The molecule has 24 heavy (non-hydrogen) atoms. The lowest BCUT2D eigenvalue weighted by molar-refractivity contribution is -0.154. The Hall–Kier alpha value is -2.41. The molecule has 1 aliphatic heterocycles. The van der Waals surface area contributed by atoms with Crippen LogP contribution in [0.5, 0.6) is 0 Å². The number of aliphatic hydroxyl groups excluding tert-OH is 1. The number of aromatic nitrogens is 1. The molecule has 0 radical (unpaired) electrons. The van der Waals surface area contributed by atoms with Gasteiger partial charge in [-0.1, -0.05) is 6.07 Å². The number of ether oxygens (including phenoxy) is 1. The van der Waals surface area contributed by atoms with Gasteiger partial charge in [0.05, 0.1) is 18.6 Å². The Morgan fingerprint density at radius 3 is 2.62 bits per heavy atom.